The van der Waals surface area contributed by atoms with Gasteiger partial charge >= 0.3 is 5.97 Å². The topological polar surface area (TPSA) is 57.6 Å². The van der Waals surface area contributed by atoms with Gasteiger partial charge in [0.05, 0.1) is 10.8 Å². The van der Waals surface area contributed by atoms with Crippen molar-refractivity contribution in [1.82, 2.24) is 4.90 Å². The number of carboxylic acid groups (broad SMARTS) is 1. The zero-order valence-electron chi connectivity index (χ0n) is 11.2. The van der Waals surface area contributed by atoms with Crippen molar-refractivity contribution in [3.8, 4) is 0 Å². The molecular formula is C15H14FNO3S. The summed E-state index contributed by atoms with van der Waals surface area (Å²) in [6, 6.07) is 6.31. The SMILES string of the molecule is O=C(O)[C@@H]1CCCN(C(=O)c2cc3c(F)cccc3s2)C1. The summed E-state index contributed by atoms with van der Waals surface area (Å²) < 4.78 is 14.4. The van der Waals surface area contributed by atoms with E-state index in [0.717, 1.165) is 4.70 Å². The third-order valence-corrected chi connectivity index (χ3v) is 4.87. The number of halogens is 1. The fourth-order valence-corrected chi connectivity index (χ4v) is 3.69. The van der Waals surface area contributed by atoms with E-state index in [1.54, 1.807) is 23.1 Å². The van der Waals surface area contributed by atoms with Crippen LogP contribution in [0.1, 0.15) is 22.5 Å². The predicted octanol–water partition coefficient (Wildman–Crippen LogP) is 2.98. The summed E-state index contributed by atoms with van der Waals surface area (Å²) in [4.78, 5) is 25.5. The molecule has 1 aliphatic rings. The maximum Gasteiger partial charge on any atom is 0.308 e. The average Bonchev–Trinajstić information content (AvgIpc) is 2.92. The maximum absolute atomic E-state index is 13.7. The number of amides is 1. The van der Waals surface area contributed by atoms with Gasteiger partial charge in [0.15, 0.2) is 0 Å². The number of thiophene rings is 1. The smallest absolute Gasteiger partial charge is 0.308 e. The Balaban J connectivity index is 1.86. The molecule has 0 aliphatic carbocycles. The highest BCUT2D eigenvalue weighted by molar-refractivity contribution is 7.20. The van der Waals surface area contributed by atoms with Crippen LogP contribution in [0, 0.1) is 11.7 Å². The fraction of sp³-hybridized carbons (Fsp3) is 0.333. The highest BCUT2D eigenvalue weighted by atomic mass is 32.1. The Kier molecular flexibility index (Phi) is 3.63. The Bertz CT molecular complexity index is 712. The van der Waals surface area contributed by atoms with Gasteiger partial charge in [-0.15, -0.1) is 11.3 Å². The molecule has 1 N–H and O–H groups in total. The molecule has 2 heterocycles. The van der Waals surface area contributed by atoms with E-state index in [1.165, 1.54) is 17.4 Å². The zero-order valence-corrected chi connectivity index (χ0v) is 12.0. The molecule has 1 atom stereocenters. The third kappa shape index (κ3) is 2.63. The van der Waals surface area contributed by atoms with E-state index in [4.69, 9.17) is 5.11 Å². The summed E-state index contributed by atoms with van der Waals surface area (Å²) in [5.74, 6) is -1.92. The standard InChI is InChI=1S/C15H14FNO3S/c16-11-4-1-5-12-10(11)7-13(21-12)14(18)17-6-2-3-9(8-17)15(19)20/h1,4-5,7,9H,2-3,6,8H2,(H,19,20)/t9-/m1/s1. The lowest BCUT2D eigenvalue weighted by atomic mass is 9.98. The summed E-state index contributed by atoms with van der Waals surface area (Å²) in [7, 11) is 0. The molecule has 0 unspecified atom stereocenters. The number of carbonyl (C=O) groups excluding carboxylic acids is 1. The monoisotopic (exact) mass is 307 g/mol. The number of aliphatic carboxylic acids is 1. The molecule has 1 amide bonds. The molecule has 1 fully saturated rings. The van der Waals surface area contributed by atoms with Gasteiger partial charge in [-0.2, -0.15) is 0 Å². The van der Waals surface area contributed by atoms with E-state index in [1.807, 2.05) is 0 Å². The van der Waals surface area contributed by atoms with Crippen LogP contribution in [0.15, 0.2) is 24.3 Å². The second kappa shape index (κ2) is 5.44. The van der Waals surface area contributed by atoms with E-state index in [0.29, 0.717) is 29.6 Å². The molecule has 1 aliphatic heterocycles. The van der Waals surface area contributed by atoms with Gasteiger partial charge in [0.2, 0.25) is 0 Å². The minimum absolute atomic E-state index is 0.207. The highest BCUT2D eigenvalue weighted by Gasteiger charge is 2.29. The first-order valence-corrected chi connectivity index (χ1v) is 7.58. The van der Waals surface area contributed by atoms with Crippen molar-refractivity contribution in [2.75, 3.05) is 13.1 Å². The number of nitrogens with zero attached hydrogens (tertiary/aromatic N) is 1. The Morgan fingerprint density at radius 1 is 1.38 bits per heavy atom. The number of hydrogen-bond donors (Lipinski definition) is 1. The molecule has 0 radical (unpaired) electrons. The van der Waals surface area contributed by atoms with Gasteiger partial charge in [0.1, 0.15) is 5.82 Å². The van der Waals surface area contributed by atoms with Gasteiger partial charge in [0.25, 0.3) is 5.91 Å². The number of hydrogen-bond acceptors (Lipinski definition) is 3. The Morgan fingerprint density at radius 3 is 2.90 bits per heavy atom. The van der Waals surface area contributed by atoms with Crippen LogP contribution >= 0.6 is 11.3 Å². The summed E-state index contributed by atoms with van der Waals surface area (Å²) in [5.41, 5.74) is 0. The predicted molar refractivity (Wildman–Crippen MR) is 78.0 cm³/mol. The largest absolute Gasteiger partial charge is 0.481 e. The van der Waals surface area contributed by atoms with Gasteiger partial charge in [-0.1, -0.05) is 6.07 Å². The van der Waals surface area contributed by atoms with E-state index in [2.05, 4.69) is 0 Å². The lowest BCUT2D eigenvalue weighted by Gasteiger charge is -2.30. The van der Waals surface area contributed by atoms with Crippen molar-refractivity contribution >= 4 is 33.3 Å². The number of likely N-dealkylation sites (tertiary alicyclic amines) is 1. The summed E-state index contributed by atoms with van der Waals surface area (Å²) in [6.45, 7) is 0.782. The summed E-state index contributed by atoms with van der Waals surface area (Å²) in [6.07, 6.45) is 1.28. The number of carboxylic acids is 1. The molecule has 1 saturated heterocycles. The average molecular weight is 307 g/mol. The minimum atomic E-state index is -0.866. The number of fused-ring (bicyclic) bond motifs is 1. The molecule has 4 nitrogen and oxygen atoms in total. The van der Waals surface area contributed by atoms with Gasteiger partial charge in [-0.05, 0) is 31.0 Å². The second-order valence-corrected chi connectivity index (χ2v) is 6.27. The molecule has 0 bridgehead atoms. The lowest BCUT2D eigenvalue weighted by Crippen LogP contribution is -2.42. The van der Waals surface area contributed by atoms with Crippen molar-refractivity contribution < 1.29 is 19.1 Å². The minimum Gasteiger partial charge on any atom is -0.481 e. The van der Waals surface area contributed by atoms with E-state index in [9.17, 15) is 14.0 Å². The molecule has 3 rings (SSSR count). The molecule has 0 spiro atoms. The van der Waals surface area contributed by atoms with Crippen molar-refractivity contribution in [3.05, 3.63) is 35.0 Å². The van der Waals surface area contributed by atoms with Crippen LogP contribution in [0.2, 0.25) is 0 Å². The first-order chi connectivity index (χ1) is 10.1. The highest BCUT2D eigenvalue weighted by Crippen LogP contribution is 2.29. The van der Waals surface area contributed by atoms with Crippen molar-refractivity contribution in [3.63, 3.8) is 0 Å². The van der Waals surface area contributed by atoms with Crippen LogP contribution in [0.25, 0.3) is 10.1 Å². The van der Waals surface area contributed by atoms with Crippen LogP contribution in [-0.4, -0.2) is 35.0 Å². The summed E-state index contributed by atoms with van der Waals surface area (Å²) >= 11 is 1.24. The van der Waals surface area contributed by atoms with Gasteiger partial charge < -0.3 is 10.0 Å². The van der Waals surface area contributed by atoms with Crippen LogP contribution in [0.5, 0.6) is 0 Å². The van der Waals surface area contributed by atoms with Crippen LogP contribution in [-0.2, 0) is 4.79 Å². The Hall–Kier alpha value is -1.95. The maximum atomic E-state index is 13.7. The first kappa shape index (κ1) is 14.0. The third-order valence-electron chi connectivity index (χ3n) is 3.78. The lowest BCUT2D eigenvalue weighted by molar-refractivity contribution is -0.143. The zero-order chi connectivity index (χ0) is 15.0. The fourth-order valence-electron chi connectivity index (χ4n) is 2.65. The van der Waals surface area contributed by atoms with Gasteiger partial charge in [-0.25, -0.2) is 4.39 Å². The van der Waals surface area contributed by atoms with Crippen molar-refractivity contribution in [2.24, 2.45) is 5.92 Å². The molecular weight excluding hydrogens is 293 g/mol. The quantitative estimate of drug-likeness (QED) is 0.928. The molecule has 0 saturated carbocycles. The van der Waals surface area contributed by atoms with Crippen LogP contribution in [0.4, 0.5) is 4.39 Å². The normalized spacial score (nSPS) is 18.9. The molecule has 6 heteroatoms. The molecule has 1 aromatic carbocycles. The second-order valence-electron chi connectivity index (χ2n) is 5.19. The van der Waals surface area contributed by atoms with E-state index in [-0.39, 0.29) is 18.3 Å². The van der Waals surface area contributed by atoms with E-state index < -0.39 is 11.9 Å². The first-order valence-electron chi connectivity index (χ1n) is 6.76. The van der Waals surface area contributed by atoms with Crippen LogP contribution in [0.3, 0.4) is 0 Å². The van der Waals surface area contributed by atoms with Crippen LogP contribution < -0.4 is 0 Å². The van der Waals surface area contributed by atoms with Crippen molar-refractivity contribution in [2.45, 2.75) is 12.8 Å². The van der Waals surface area contributed by atoms with Gasteiger partial charge in [-0.3, -0.25) is 9.59 Å². The molecule has 110 valence electrons. The molecule has 1 aromatic heterocycles. The number of carbonyl (C=O) groups is 2. The number of rotatable bonds is 2. The van der Waals surface area contributed by atoms with Gasteiger partial charge in [0, 0.05) is 23.2 Å². The Morgan fingerprint density at radius 2 is 2.19 bits per heavy atom. The Labute approximate surface area is 124 Å². The van der Waals surface area contributed by atoms with Crippen molar-refractivity contribution in [1.29, 1.82) is 0 Å². The number of benzene rings is 1. The molecule has 21 heavy (non-hydrogen) atoms. The summed E-state index contributed by atoms with van der Waals surface area (Å²) in [5, 5.41) is 9.52. The van der Waals surface area contributed by atoms with E-state index >= 15 is 0 Å². The number of piperidine rings is 1. The molecule has 2 aromatic rings.